The van der Waals surface area contributed by atoms with Crippen molar-refractivity contribution in [2.75, 3.05) is 17.6 Å². The van der Waals surface area contributed by atoms with E-state index in [0.29, 0.717) is 29.9 Å². The first-order chi connectivity index (χ1) is 11.7. The van der Waals surface area contributed by atoms with E-state index in [4.69, 9.17) is 5.73 Å². The Morgan fingerprint density at radius 2 is 1.84 bits per heavy atom. The predicted molar refractivity (Wildman–Crippen MR) is 99.6 cm³/mol. The van der Waals surface area contributed by atoms with Crippen molar-refractivity contribution in [1.29, 1.82) is 0 Å². The van der Waals surface area contributed by atoms with Crippen molar-refractivity contribution in [1.82, 2.24) is 15.3 Å². The zero-order chi connectivity index (χ0) is 17.2. The van der Waals surface area contributed by atoms with Crippen LogP contribution in [0.4, 0.5) is 11.4 Å². The number of unbranched alkanes of at least 4 members (excludes halogenated alkanes) is 2. The maximum Gasteiger partial charge on any atom is 0.252 e. The van der Waals surface area contributed by atoms with Crippen molar-refractivity contribution in [3.05, 3.63) is 48.5 Å². The Morgan fingerprint density at radius 3 is 2.56 bits per heavy atom. The average molecular weight is 364 g/mol. The van der Waals surface area contributed by atoms with E-state index in [9.17, 15) is 9.59 Å². The minimum Gasteiger partial charge on any atom is -0.397 e. The highest BCUT2D eigenvalue weighted by Crippen LogP contribution is 2.15. The second kappa shape index (κ2) is 11.0. The molecule has 8 heteroatoms. The van der Waals surface area contributed by atoms with E-state index in [1.807, 2.05) is 0 Å². The lowest BCUT2D eigenvalue weighted by molar-refractivity contribution is -0.116. The van der Waals surface area contributed by atoms with E-state index in [0.717, 1.165) is 19.3 Å². The van der Waals surface area contributed by atoms with Crippen LogP contribution in [-0.4, -0.2) is 28.3 Å². The monoisotopic (exact) mass is 363 g/mol. The van der Waals surface area contributed by atoms with Gasteiger partial charge in [0.15, 0.2) is 0 Å². The molecule has 0 atom stereocenters. The third-order valence-electron chi connectivity index (χ3n) is 3.42. The number of halogens is 1. The van der Waals surface area contributed by atoms with Crippen molar-refractivity contribution in [3.63, 3.8) is 0 Å². The lowest BCUT2D eigenvalue weighted by Gasteiger charge is -2.07. The molecule has 0 saturated heterocycles. The number of carbonyl (C=O) groups is 2. The van der Waals surface area contributed by atoms with E-state index in [2.05, 4.69) is 20.6 Å². The maximum atomic E-state index is 11.8. The highest BCUT2D eigenvalue weighted by Gasteiger charge is 2.06. The summed E-state index contributed by atoms with van der Waals surface area (Å²) in [7, 11) is 0. The van der Waals surface area contributed by atoms with E-state index < -0.39 is 0 Å². The molecule has 2 amide bonds. The second-order valence-electron chi connectivity index (χ2n) is 5.32. The lowest BCUT2D eigenvalue weighted by Crippen LogP contribution is -2.24. The number of anilines is 2. The van der Waals surface area contributed by atoms with Crippen molar-refractivity contribution < 1.29 is 9.59 Å². The fraction of sp³-hybridized carbons (Fsp3) is 0.294. The van der Waals surface area contributed by atoms with Crippen LogP contribution >= 0.6 is 12.4 Å². The highest BCUT2D eigenvalue weighted by molar-refractivity contribution is 5.94. The van der Waals surface area contributed by atoms with E-state index in [1.165, 1.54) is 12.4 Å². The van der Waals surface area contributed by atoms with Crippen LogP contribution in [0.15, 0.2) is 43.0 Å². The quantitative estimate of drug-likeness (QED) is 0.624. The molecule has 134 valence electrons. The highest BCUT2D eigenvalue weighted by atomic mass is 35.5. The topological polar surface area (TPSA) is 110 Å². The molecule has 0 aromatic carbocycles. The number of nitrogens with one attached hydrogen (secondary N) is 2. The largest absolute Gasteiger partial charge is 0.397 e. The molecule has 2 heterocycles. The molecule has 0 radical (unpaired) electrons. The SMILES string of the molecule is Cl.Nc1ccncc1NC(=O)CCCCCNC(=O)c1cccnc1. The van der Waals surface area contributed by atoms with Crippen LogP contribution in [-0.2, 0) is 4.79 Å². The van der Waals surface area contributed by atoms with Gasteiger partial charge in [0, 0.05) is 31.6 Å². The number of hydrogen-bond acceptors (Lipinski definition) is 5. The van der Waals surface area contributed by atoms with Crippen molar-refractivity contribution in [3.8, 4) is 0 Å². The summed E-state index contributed by atoms with van der Waals surface area (Å²) < 4.78 is 0. The second-order valence-corrected chi connectivity index (χ2v) is 5.32. The standard InChI is InChI=1S/C17H21N5O2.ClH/c18-14-7-10-20-12-15(14)22-16(23)6-2-1-3-9-21-17(24)13-5-4-8-19-11-13;/h4-5,7-8,10-12H,1-3,6,9H2,(H2,18,20)(H,21,24)(H,22,23);1H. The number of rotatable bonds is 8. The summed E-state index contributed by atoms with van der Waals surface area (Å²) in [5.41, 5.74) is 7.32. The third kappa shape index (κ3) is 7.17. The molecule has 7 nitrogen and oxygen atoms in total. The van der Waals surface area contributed by atoms with E-state index in [1.54, 1.807) is 30.6 Å². The van der Waals surface area contributed by atoms with Gasteiger partial charge in [-0.2, -0.15) is 0 Å². The molecule has 0 saturated carbocycles. The van der Waals surface area contributed by atoms with Crippen LogP contribution in [0.25, 0.3) is 0 Å². The molecule has 0 fully saturated rings. The Kier molecular flexibility index (Phi) is 8.95. The Labute approximate surface area is 152 Å². The van der Waals surface area contributed by atoms with Crippen LogP contribution in [0.5, 0.6) is 0 Å². The van der Waals surface area contributed by atoms with Gasteiger partial charge in [0.1, 0.15) is 0 Å². The van der Waals surface area contributed by atoms with Crippen LogP contribution < -0.4 is 16.4 Å². The summed E-state index contributed by atoms with van der Waals surface area (Å²) >= 11 is 0. The fourth-order valence-corrected chi connectivity index (χ4v) is 2.11. The van der Waals surface area contributed by atoms with E-state index in [-0.39, 0.29) is 24.2 Å². The van der Waals surface area contributed by atoms with Gasteiger partial charge in [0.25, 0.3) is 5.91 Å². The van der Waals surface area contributed by atoms with Gasteiger partial charge < -0.3 is 16.4 Å². The molecule has 4 N–H and O–H groups in total. The van der Waals surface area contributed by atoms with Gasteiger partial charge in [-0.3, -0.25) is 19.6 Å². The lowest BCUT2D eigenvalue weighted by atomic mass is 10.2. The minimum atomic E-state index is -0.132. The molecular weight excluding hydrogens is 342 g/mol. The van der Waals surface area contributed by atoms with Gasteiger partial charge in [-0.15, -0.1) is 12.4 Å². The van der Waals surface area contributed by atoms with E-state index >= 15 is 0 Å². The summed E-state index contributed by atoms with van der Waals surface area (Å²) in [6.07, 6.45) is 9.08. The Morgan fingerprint density at radius 1 is 1.04 bits per heavy atom. The normalized spacial score (nSPS) is 9.76. The summed E-state index contributed by atoms with van der Waals surface area (Å²) in [4.78, 5) is 31.4. The van der Waals surface area contributed by atoms with Crippen LogP contribution in [0.3, 0.4) is 0 Å². The van der Waals surface area contributed by atoms with Gasteiger partial charge in [-0.05, 0) is 31.0 Å². The third-order valence-corrected chi connectivity index (χ3v) is 3.42. The first-order valence-electron chi connectivity index (χ1n) is 7.84. The van der Waals surface area contributed by atoms with Crippen LogP contribution in [0.1, 0.15) is 36.0 Å². The van der Waals surface area contributed by atoms with Gasteiger partial charge in [0.2, 0.25) is 5.91 Å². The van der Waals surface area contributed by atoms with Crippen molar-refractivity contribution in [2.45, 2.75) is 25.7 Å². The number of nitrogens with zero attached hydrogens (tertiary/aromatic N) is 2. The smallest absolute Gasteiger partial charge is 0.252 e. The molecule has 0 bridgehead atoms. The number of nitrogen functional groups attached to an aromatic ring is 1. The van der Waals surface area contributed by atoms with Crippen LogP contribution in [0, 0.1) is 0 Å². The summed E-state index contributed by atoms with van der Waals surface area (Å²) in [6.45, 7) is 0.574. The molecule has 0 unspecified atom stereocenters. The molecule has 0 aliphatic heterocycles. The molecule has 25 heavy (non-hydrogen) atoms. The maximum absolute atomic E-state index is 11.8. The summed E-state index contributed by atoms with van der Waals surface area (Å²) in [5, 5.41) is 5.57. The minimum absolute atomic E-state index is 0. The zero-order valence-corrected chi connectivity index (χ0v) is 14.6. The number of amides is 2. The molecular formula is C17H22ClN5O2. The first-order valence-corrected chi connectivity index (χ1v) is 7.84. The van der Waals surface area contributed by atoms with Gasteiger partial charge in [-0.1, -0.05) is 6.42 Å². The summed E-state index contributed by atoms with van der Waals surface area (Å²) in [6, 6.07) is 5.08. The van der Waals surface area contributed by atoms with Gasteiger partial charge in [0.05, 0.1) is 23.1 Å². The number of hydrogen-bond donors (Lipinski definition) is 3. The molecule has 0 aliphatic rings. The molecule has 2 aromatic rings. The number of pyridine rings is 2. The zero-order valence-electron chi connectivity index (χ0n) is 13.8. The Bertz CT molecular complexity index is 682. The predicted octanol–water partition coefficient (Wildman–Crippen LogP) is 2.41. The number of aromatic nitrogens is 2. The molecule has 2 aromatic heterocycles. The Hall–Kier alpha value is -2.67. The molecule has 2 rings (SSSR count). The van der Waals surface area contributed by atoms with Crippen molar-refractivity contribution >= 4 is 35.6 Å². The fourth-order valence-electron chi connectivity index (χ4n) is 2.11. The average Bonchev–Trinajstić information content (AvgIpc) is 2.60. The van der Waals surface area contributed by atoms with Gasteiger partial charge >= 0.3 is 0 Å². The first kappa shape index (κ1) is 20.4. The molecule has 0 spiro atoms. The molecule has 0 aliphatic carbocycles. The van der Waals surface area contributed by atoms with Crippen molar-refractivity contribution in [2.24, 2.45) is 0 Å². The number of carbonyl (C=O) groups excluding carboxylic acids is 2. The van der Waals surface area contributed by atoms with Gasteiger partial charge in [-0.25, -0.2) is 0 Å². The van der Waals surface area contributed by atoms with Crippen LogP contribution in [0.2, 0.25) is 0 Å². The summed E-state index contributed by atoms with van der Waals surface area (Å²) in [5.74, 6) is -0.220. The Balaban J connectivity index is 0.00000312. The number of nitrogens with two attached hydrogens (primary N) is 1.